The molecule has 0 radical (unpaired) electrons. The zero-order valence-electron chi connectivity index (χ0n) is 15.8. The molecule has 0 spiro atoms. The number of nitrogens with zero attached hydrogens (tertiary/aromatic N) is 2. The predicted molar refractivity (Wildman–Crippen MR) is 108 cm³/mol. The van der Waals surface area contributed by atoms with Gasteiger partial charge in [-0.25, -0.2) is 16.8 Å². The highest BCUT2D eigenvalue weighted by atomic mass is 32.2. The number of sulfonamides is 2. The average molecular weight is 421 g/mol. The summed E-state index contributed by atoms with van der Waals surface area (Å²) in [4.78, 5) is 0.499. The molecular formula is C20H24N2O4S2. The van der Waals surface area contributed by atoms with Gasteiger partial charge in [0.2, 0.25) is 10.0 Å². The molecule has 2 aliphatic heterocycles. The molecule has 0 aromatic heterocycles. The summed E-state index contributed by atoms with van der Waals surface area (Å²) in [6.07, 6.45) is 3.32. The third-order valence-electron chi connectivity index (χ3n) is 5.47. The summed E-state index contributed by atoms with van der Waals surface area (Å²) in [6.45, 7) is 3.32. The summed E-state index contributed by atoms with van der Waals surface area (Å²) in [5, 5.41) is 0. The van der Waals surface area contributed by atoms with Crippen LogP contribution < -0.4 is 4.31 Å². The average Bonchev–Trinajstić information content (AvgIpc) is 3.13. The predicted octanol–water partition coefficient (Wildman–Crippen LogP) is 2.92. The molecule has 0 N–H and O–H groups in total. The number of aryl methyl sites for hydroxylation is 1. The summed E-state index contributed by atoms with van der Waals surface area (Å²) >= 11 is 0. The molecule has 0 bridgehead atoms. The zero-order chi connectivity index (χ0) is 19.9. The lowest BCUT2D eigenvalue weighted by Gasteiger charge is -2.26. The molecule has 8 heteroatoms. The Kier molecular flexibility index (Phi) is 4.97. The first kappa shape index (κ1) is 19.4. The van der Waals surface area contributed by atoms with Crippen LogP contribution in [0.15, 0.2) is 52.3 Å². The second-order valence-corrected chi connectivity index (χ2v) is 11.2. The molecule has 2 aliphatic rings. The normalized spacial score (nSPS) is 18.2. The Bertz CT molecular complexity index is 1090. The molecule has 1 fully saturated rings. The lowest BCUT2D eigenvalue weighted by molar-refractivity contribution is 0.346. The van der Waals surface area contributed by atoms with E-state index in [1.54, 1.807) is 36.4 Å². The van der Waals surface area contributed by atoms with E-state index >= 15 is 0 Å². The molecular weight excluding hydrogens is 396 g/mol. The molecule has 0 atom stereocenters. The minimum atomic E-state index is -3.66. The van der Waals surface area contributed by atoms with Gasteiger partial charge in [0.15, 0.2) is 0 Å². The molecule has 0 unspecified atom stereocenters. The van der Waals surface area contributed by atoms with E-state index in [9.17, 15) is 16.8 Å². The van der Waals surface area contributed by atoms with E-state index in [-0.39, 0.29) is 9.79 Å². The number of hydrogen-bond donors (Lipinski definition) is 0. The van der Waals surface area contributed by atoms with Crippen molar-refractivity contribution in [3.8, 4) is 0 Å². The fourth-order valence-corrected chi connectivity index (χ4v) is 6.92. The largest absolute Gasteiger partial charge is 0.266 e. The van der Waals surface area contributed by atoms with Crippen molar-refractivity contribution < 1.29 is 16.8 Å². The van der Waals surface area contributed by atoms with Crippen molar-refractivity contribution in [3.63, 3.8) is 0 Å². The van der Waals surface area contributed by atoms with Crippen LogP contribution in [-0.2, 0) is 26.5 Å². The molecule has 4 rings (SSSR count). The van der Waals surface area contributed by atoms with Gasteiger partial charge in [0.25, 0.3) is 10.0 Å². The van der Waals surface area contributed by atoms with Crippen LogP contribution in [0.5, 0.6) is 0 Å². The highest BCUT2D eigenvalue weighted by Gasteiger charge is 2.33. The Morgan fingerprint density at radius 2 is 1.39 bits per heavy atom. The number of piperidine rings is 1. The van der Waals surface area contributed by atoms with Crippen molar-refractivity contribution in [3.05, 3.63) is 53.6 Å². The molecule has 150 valence electrons. The second-order valence-electron chi connectivity index (χ2n) is 7.40. The van der Waals surface area contributed by atoms with Crippen molar-refractivity contribution in [2.75, 3.05) is 23.9 Å². The SMILES string of the molecule is Cc1ccc(S(=O)(=O)N2CCc3cc(S(=O)(=O)N4CCCCC4)ccc32)cc1. The molecule has 0 amide bonds. The lowest BCUT2D eigenvalue weighted by atomic mass is 10.2. The quantitative estimate of drug-likeness (QED) is 0.762. The van der Waals surface area contributed by atoms with E-state index in [0.29, 0.717) is 31.7 Å². The highest BCUT2D eigenvalue weighted by molar-refractivity contribution is 7.92. The van der Waals surface area contributed by atoms with Crippen molar-refractivity contribution in [2.45, 2.75) is 42.4 Å². The van der Waals surface area contributed by atoms with E-state index in [2.05, 4.69) is 0 Å². The molecule has 6 nitrogen and oxygen atoms in total. The molecule has 0 saturated carbocycles. The smallest absolute Gasteiger partial charge is 0.264 e. The van der Waals surface area contributed by atoms with Gasteiger partial charge < -0.3 is 0 Å². The Morgan fingerprint density at radius 3 is 2.07 bits per heavy atom. The minimum Gasteiger partial charge on any atom is -0.266 e. The minimum absolute atomic E-state index is 0.246. The van der Waals surface area contributed by atoms with Crippen molar-refractivity contribution >= 4 is 25.7 Å². The summed E-state index contributed by atoms with van der Waals surface area (Å²) in [5.41, 5.74) is 2.32. The van der Waals surface area contributed by atoms with Crippen LogP contribution in [0.1, 0.15) is 30.4 Å². The van der Waals surface area contributed by atoms with Crippen LogP contribution >= 0.6 is 0 Å². The lowest BCUT2D eigenvalue weighted by Crippen LogP contribution is -2.35. The van der Waals surface area contributed by atoms with E-state index in [1.165, 1.54) is 14.7 Å². The van der Waals surface area contributed by atoms with Crippen LogP contribution in [0.25, 0.3) is 0 Å². The zero-order valence-corrected chi connectivity index (χ0v) is 17.5. The first-order valence-corrected chi connectivity index (χ1v) is 12.4. The van der Waals surface area contributed by atoms with Crippen molar-refractivity contribution in [2.24, 2.45) is 0 Å². The van der Waals surface area contributed by atoms with E-state index in [4.69, 9.17) is 0 Å². The maximum Gasteiger partial charge on any atom is 0.264 e. The van der Waals surface area contributed by atoms with Gasteiger partial charge in [-0.2, -0.15) is 4.31 Å². The number of fused-ring (bicyclic) bond motifs is 1. The molecule has 28 heavy (non-hydrogen) atoms. The van der Waals surface area contributed by atoms with Gasteiger partial charge in [-0.15, -0.1) is 0 Å². The molecule has 0 aliphatic carbocycles. The third-order valence-corrected chi connectivity index (χ3v) is 9.19. The number of anilines is 1. The van der Waals surface area contributed by atoms with Gasteiger partial charge in [-0.05, 0) is 62.1 Å². The van der Waals surface area contributed by atoms with Crippen LogP contribution in [0.3, 0.4) is 0 Å². The van der Waals surface area contributed by atoms with Crippen LogP contribution in [0, 0.1) is 6.92 Å². The van der Waals surface area contributed by atoms with Crippen molar-refractivity contribution in [1.82, 2.24) is 4.31 Å². The number of hydrogen-bond acceptors (Lipinski definition) is 4. The van der Waals surface area contributed by atoms with E-state index < -0.39 is 20.0 Å². The fraction of sp³-hybridized carbons (Fsp3) is 0.400. The summed E-state index contributed by atoms with van der Waals surface area (Å²) < 4.78 is 54.8. The van der Waals surface area contributed by atoms with Gasteiger partial charge >= 0.3 is 0 Å². The first-order valence-electron chi connectivity index (χ1n) is 9.53. The Morgan fingerprint density at radius 1 is 0.750 bits per heavy atom. The monoisotopic (exact) mass is 420 g/mol. The molecule has 2 heterocycles. The van der Waals surface area contributed by atoms with Gasteiger partial charge in [-0.1, -0.05) is 24.1 Å². The van der Waals surface area contributed by atoms with Gasteiger partial charge in [-0.3, -0.25) is 4.31 Å². The molecule has 2 aromatic rings. The standard InChI is InChI=1S/C20H24N2O4S2/c1-16-5-7-18(8-6-16)28(25,26)22-14-11-17-15-19(9-10-20(17)22)27(23,24)21-12-3-2-4-13-21/h5-10,15H,2-4,11-14H2,1H3. The van der Waals surface area contributed by atoms with E-state index in [1.807, 2.05) is 6.92 Å². The van der Waals surface area contributed by atoms with Crippen molar-refractivity contribution in [1.29, 1.82) is 0 Å². The fourth-order valence-electron chi connectivity index (χ4n) is 3.85. The summed E-state index contributed by atoms with van der Waals surface area (Å²) in [6, 6.07) is 11.6. The summed E-state index contributed by atoms with van der Waals surface area (Å²) in [7, 11) is -7.19. The maximum absolute atomic E-state index is 13.0. The summed E-state index contributed by atoms with van der Waals surface area (Å²) in [5.74, 6) is 0. The third kappa shape index (κ3) is 3.33. The highest BCUT2D eigenvalue weighted by Crippen LogP contribution is 2.35. The van der Waals surface area contributed by atoms with Crippen LogP contribution in [0.2, 0.25) is 0 Å². The van der Waals surface area contributed by atoms with Crippen LogP contribution in [0.4, 0.5) is 5.69 Å². The number of rotatable bonds is 4. The van der Waals surface area contributed by atoms with Gasteiger partial charge in [0, 0.05) is 19.6 Å². The maximum atomic E-state index is 13.0. The molecule has 1 saturated heterocycles. The Balaban J connectivity index is 1.66. The Hall–Kier alpha value is -1.90. The first-order chi connectivity index (χ1) is 13.3. The topological polar surface area (TPSA) is 74.8 Å². The number of benzene rings is 2. The second kappa shape index (κ2) is 7.17. The van der Waals surface area contributed by atoms with Gasteiger partial charge in [0.1, 0.15) is 0 Å². The van der Waals surface area contributed by atoms with Gasteiger partial charge in [0.05, 0.1) is 15.5 Å². The van der Waals surface area contributed by atoms with E-state index in [0.717, 1.165) is 30.4 Å². The molecule has 2 aromatic carbocycles. The Labute approximate surface area is 166 Å². The van der Waals surface area contributed by atoms with Crippen LogP contribution in [-0.4, -0.2) is 40.8 Å².